The van der Waals surface area contributed by atoms with E-state index in [9.17, 15) is 4.79 Å². The highest BCUT2D eigenvalue weighted by Gasteiger charge is 2.10. The molecule has 0 aliphatic heterocycles. The van der Waals surface area contributed by atoms with Crippen LogP contribution in [0.5, 0.6) is 0 Å². The van der Waals surface area contributed by atoms with Gasteiger partial charge in [0.05, 0.1) is 11.3 Å². The molecule has 0 aliphatic carbocycles. The molecule has 7 heteroatoms. The molecule has 1 amide bonds. The van der Waals surface area contributed by atoms with E-state index >= 15 is 0 Å². The van der Waals surface area contributed by atoms with Crippen LogP contribution in [0.25, 0.3) is 0 Å². The van der Waals surface area contributed by atoms with Crippen LogP contribution in [-0.4, -0.2) is 31.4 Å². The van der Waals surface area contributed by atoms with E-state index in [4.69, 9.17) is 15.3 Å². The highest BCUT2D eigenvalue weighted by molar-refractivity contribution is 6.10. The van der Waals surface area contributed by atoms with E-state index in [2.05, 4.69) is 15.8 Å². The topological polar surface area (TPSA) is 110 Å². The Bertz CT molecular complexity index is 597. The van der Waals surface area contributed by atoms with E-state index in [1.54, 1.807) is 36.4 Å². The van der Waals surface area contributed by atoms with Crippen molar-refractivity contribution in [2.75, 3.05) is 25.2 Å². The summed E-state index contributed by atoms with van der Waals surface area (Å²) in [6, 6.07) is 10.00. The molecule has 0 radical (unpaired) electrons. The highest BCUT2D eigenvalue weighted by atomic mass is 16.5. The van der Waals surface area contributed by atoms with Gasteiger partial charge in [-0.3, -0.25) is 10.2 Å². The summed E-state index contributed by atoms with van der Waals surface area (Å²) < 4.78 is 5.19. The number of rotatable bonds is 8. The standard InChI is InChI=1S/C15H17N5O2/c1-2-22-9-5-8-18-15(21)13-6-3-4-7-14(13)20-19-12(10-16)11-17/h3-4,6-7,20H,2,5,8-9H2,1H3,(H,18,21). The monoisotopic (exact) mass is 299 g/mol. The largest absolute Gasteiger partial charge is 0.382 e. The third-order valence-electron chi connectivity index (χ3n) is 2.63. The Morgan fingerprint density at radius 1 is 1.32 bits per heavy atom. The van der Waals surface area contributed by atoms with Crippen LogP contribution < -0.4 is 10.7 Å². The van der Waals surface area contributed by atoms with Crippen LogP contribution in [0, 0.1) is 22.7 Å². The van der Waals surface area contributed by atoms with Crippen molar-refractivity contribution in [3.8, 4) is 12.1 Å². The van der Waals surface area contributed by atoms with Gasteiger partial charge in [-0.05, 0) is 25.5 Å². The first kappa shape index (κ1) is 17.2. The van der Waals surface area contributed by atoms with Crippen molar-refractivity contribution < 1.29 is 9.53 Å². The van der Waals surface area contributed by atoms with Crippen LogP contribution in [0.1, 0.15) is 23.7 Å². The minimum atomic E-state index is -0.313. The summed E-state index contributed by atoms with van der Waals surface area (Å²) >= 11 is 0. The van der Waals surface area contributed by atoms with Gasteiger partial charge in [0, 0.05) is 19.8 Å². The number of carbonyl (C=O) groups is 1. The van der Waals surface area contributed by atoms with Gasteiger partial charge >= 0.3 is 0 Å². The van der Waals surface area contributed by atoms with Gasteiger partial charge in [-0.2, -0.15) is 15.6 Å². The molecule has 1 aromatic rings. The number of ether oxygens (including phenoxy) is 1. The summed E-state index contributed by atoms with van der Waals surface area (Å²) in [5, 5.41) is 23.7. The van der Waals surface area contributed by atoms with Crippen LogP contribution >= 0.6 is 0 Å². The van der Waals surface area contributed by atoms with E-state index in [-0.39, 0.29) is 11.6 Å². The predicted molar refractivity (Wildman–Crippen MR) is 82.2 cm³/mol. The molecule has 1 rings (SSSR count). The molecule has 0 atom stereocenters. The van der Waals surface area contributed by atoms with Gasteiger partial charge in [0.25, 0.3) is 5.91 Å². The number of hydrazone groups is 1. The summed E-state index contributed by atoms with van der Waals surface area (Å²) in [5.74, 6) is -0.259. The third kappa shape index (κ3) is 5.61. The second-order valence-electron chi connectivity index (χ2n) is 4.15. The minimum absolute atomic E-state index is 0.259. The Hall–Kier alpha value is -2.90. The molecule has 0 bridgehead atoms. The summed E-state index contributed by atoms with van der Waals surface area (Å²) in [6.07, 6.45) is 0.723. The van der Waals surface area contributed by atoms with Gasteiger partial charge in [0.1, 0.15) is 12.1 Å². The molecule has 0 aliphatic rings. The second-order valence-corrected chi connectivity index (χ2v) is 4.15. The zero-order valence-electron chi connectivity index (χ0n) is 12.3. The molecule has 2 N–H and O–H groups in total. The zero-order chi connectivity index (χ0) is 16.2. The summed E-state index contributed by atoms with van der Waals surface area (Å²) in [5.41, 5.74) is 3.06. The molecule has 0 aromatic heterocycles. The summed E-state index contributed by atoms with van der Waals surface area (Å²) in [7, 11) is 0. The number of para-hydroxylation sites is 1. The van der Waals surface area contributed by atoms with Crippen molar-refractivity contribution in [1.29, 1.82) is 10.5 Å². The molecule has 0 heterocycles. The Morgan fingerprint density at radius 2 is 2.05 bits per heavy atom. The molecule has 7 nitrogen and oxygen atoms in total. The molecule has 1 aromatic carbocycles. The fourth-order valence-corrected chi connectivity index (χ4v) is 1.59. The fourth-order valence-electron chi connectivity index (χ4n) is 1.59. The van der Waals surface area contributed by atoms with Crippen LogP contribution in [0.3, 0.4) is 0 Å². The molecule has 0 saturated carbocycles. The molecular weight excluding hydrogens is 282 g/mol. The molecule has 0 spiro atoms. The number of nitrogens with zero attached hydrogens (tertiary/aromatic N) is 3. The maximum atomic E-state index is 12.1. The first-order valence-corrected chi connectivity index (χ1v) is 6.81. The average molecular weight is 299 g/mol. The van der Waals surface area contributed by atoms with Gasteiger partial charge in [-0.25, -0.2) is 0 Å². The number of hydrogen-bond acceptors (Lipinski definition) is 6. The number of carbonyl (C=O) groups excluding carboxylic acids is 1. The van der Waals surface area contributed by atoms with Crippen LogP contribution in [0.15, 0.2) is 29.4 Å². The van der Waals surface area contributed by atoms with Crippen molar-refractivity contribution in [2.45, 2.75) is 13.3 Å². The van der Waals surface area contributed by atoms with Crippen molar-refractivity contribution in [2.24, 2.45) is 5.10 Å². The van der Waals surface area contributed by atoms with E-state index in [1.807, 2.05) is 6.92 Å². The molecule has 22 heavy (non-hydrogen) atoms. The second kappa shape index (κ2) is 9.92. The van der Waals surface area contributed by atoms with Crippen LogP contribution in [0.2, 0.25) is 0 Å². The van der Waals surface area contributed by atoms with Gasteiger partial charge < -0.3 is 10.1 Å². The van der Waals surface area contributed by atoms with Crippen molar-refractivity contribution in [3.63, 3.8) is 0 Å². The molecule has 0 saturated heterocycles. The van der Waals surface area contributed by atoms with Crippen molar-refractivity contribution >= 4 is 17.3 Å². The van der Waals surface area contributed by atoms with E-state index in [0.29, 0.717) is 31.0 Å². The SMILES string of the molecule is CCOCCCNC(=O)c1ccccc1NN=C(C#N)C#N. The fraction of sp³-hybridized carbons (Fsp3) is 0.333. The number of nitrogens with one attached hydrogen (secondary N) is 2. The molecular formula is C15H17N5O2. The Morgan fingerprint density at radius 3 is 2.73 bits per heavy atom. The first-order chi connectivity index (χ1) is 10.7. The quantitative estimate of drug-likeness (QED) is 0.431. The third-order valence-corrected chi connectivity index (χ3v) is 2.63. The lowest BCUT2D eigenvalue weighted by atomic mass is 10.1. The number of anilines is 1. The van der Waals surface area contributed by atoms with E-state index in [1.165, 1.54) is 0 Å². The number of nitriles is 2. The van der Waals surface area contributed by atoms with Gasteiger partial charge in [-0.1, -0.05) is 12.1 Å². The number of amides is 1. The molecule has 0 unspecified atom stereocenters. The Kier molecular flexibility index (Phi) is 7.73. The van der Waals surface area contributed by atoms with Crippen LogP contribution in [-0.2, 0) is 4.74 Å². The number of benzene rings is 1. The van der Waals surface area contributed by atoms with Crippen molar-refractivity contribution in [3.05, 3.63) is 29.8 Å². The normalized spacial score (nSPS) is 9.23. The van der Waals surface area contributed by atoms with Gasteiger partial charge in [0.2, 0.25) is 5.71 Å². The Labute approximate surface area is 129 Å². The molecule has 114 valence electrons. The lowest BCUT2D eigenvalue weighted by Gasteiger charge is -2.09. The van der Waals surface area contributed by atoms with E-state index < -0.39 is 0 Å². The van der Waals surface area contributed by atoms with Gasteiger partial charge in [0.15, 0.2) is 0 Å². The lowest BCUT2D eigenvalue weighted by molar-refractivity contribution is 0.0945. The molecule has 0 fully saturated rings. The first-order valence-electron chi connectivity index (χ1n) is 6.81. The van der Waals surface area contributed by atoms with Crippen LogP contribution in [0.4, 0.5) is 5.69 Å². The van der Waals surface area contributed by atoms with E-state index in [0.717, 1.165) is 6.42 Å². The zero-order valence-corrected chi connectivity index (χ0v) is 12.3. The highest BCUT2D eigenvalue weighted by Crippen LogP contribution is 2.14. The lowest BCUT2D eigenvalue weighted by Crippen LogP contribution is -2.26. The number of hydrogen-bond donors (Lipinski definition) is 2. The Balaban J connectivity index is 2.67. The van der Waals surface area contributed by atoms with Gasteiger partial charge in [-0.15, -0.1) is 0 Å². The smallest absolute Gasteiger partial charge is 0.253 e. The predicted octanol–water partition coefficient (Wildman–Crippen LogP) is 1.66. The average Bonchev–Trinajstić information content (AvgIpc) is 2.55. The minimum Gasteiger partial charge on any atom is -0.382 e. The maximum absolute atomic E-state index is 12.1. The van der Waals surface area contributed by atoms with Crippen molar-refractivity contribution in [1.82, 2.24) is 5.32 Å². The summed E-state index contributed by atoms with van der Waals surface area (Å²) in [6.45, 7) is 3.66. The summed E-state index contributed by atoms with van der Waals surface area (Å²) in [4.78, 5) is 12.1. The maximum Gasteiger partial charge on any atom is 0.253 e.